The molecule has 3 aliphatic heterocycles. The molecule has 0 aliphatic carbocycles. The van der Waals surface area contributed by atoms with E-state index in [0.717, 1.165) is 4.90 Å². The molecule has 4 atom stereocenters. The first-order valence-electron chi connectivity index (χ1n) is 7.49. The van der Waals surface area contributed by atoms with E-state index in [4.69, 9.17) is 16.3 Å². The monoisotopic (exact) mass is 347 g/mol. The lowest BCUT2D eigenvalue weighted by Gasteiger charge is -2.25. The predicted octanol–water partition coefficient (Wildman–Crippen LogP) is 2.26. The van der Waals surface area contributed by atoms with Crippen LogP contribution in [0.5, 0.6) is 0 Å². The average molecular weight is 348 g/mol. The van der Waals surface area contributed by atoms with Gasteiger partial charge >= 0.3 is 5.97 Å². The van der Waals surface area contributed by atoms with Gasteiger partial charge in [0, 0.05) is 0 Å². The van der Waals surface area contributed by atoms with E-state index in [2.05, 4.69) is 0 Å². The quantitative estimate of drug-likeness (QED) is 0.655. The van der Waals surface area contributed by atoms with Gasteiger partial charge in [0.15, 0.2) is 0 Å². The van der Waals surface area contributed by atoms with Crippen molar-refractivity contribution in [2.24, 2.45) is 11.8 Å². The number of ether oxygens (including phenoxy) is 1. The van der Waals surface area contributed by atoms with Crippen molar-refractivity contribution in [1.82, 2.24) is 0 Å². The summed E-state index contributed by atoms with van der Waals surface area (Å²) in [5.41, 5.74) is -1.57. The smallest absolute Gasteiger partial charge is 0.337 e. The van der Waals surface area contributed by atoms with E-state index in [-0.39, 0.29) is 28.1 Å². The second-order valence-corrected chi connectivity index (χ2v) is 7.15. The van der Waals surface area contributed by atoms with E-state index in [1.807, 2.05) is 12.2 Å². The molecule has 124 valence electrons. The summed E-state index contributed by atoms with van der Waals surface area (Å²) < 4.78 is 5.93. The highest BCUT2D eigenvalue weighted by Crippen LogP contribution is 2.57. The minimum atomic E-state index is -1.22. The fourth-order valence-corrected chi connectivity index (χ4v) is 4.30. The lowest BCUT2D eigenvalue weighted by molar-refractivity contribution is -0.128. The van der Waals surface area contributed by atoms with E-state index in [1.54, 1.807) is 13.8 Å². The van der Waals surface area contributed by atoms with Gasteiger partial charge < -0.3 is 9.84 Å². The number of carboxylic acid groups (broad SMARTS) is 1. The summed E-state index contributed by atoms with van der Waals surface area (Å²) in [5.74, 6) is -3.18. The maximum absolute atomic E-state index is 12.9. The summed E-state index contributed by atoms with van der Waals surface area (Å²) in [5, 5.41) is 9.25. The van der Waals surface area contributed by atoms with Gasteiger partial charge in [-0.1, -0.05) is 23.8 Å². The van der Waals surface area contributed by atoms with Crippen LogP contribution in [0, 0.1) is 11.8 Å². The van der Waals surface area contributed by atoms with Crippen molar-refractivity contribution in [3.05, 3.63) is 40.9 Å². The molecule has 0 unspecified atom stereocenters. The Bertz CT molecular complexity index is 813. The molecule has 2 saturated heterocycles. The lowest BCUT2D eigenvalue weighted by Crippen LogP contribution is -2.39. The molecule has 3 aliphatic rings. The summed E-state index contributed by atoms with van der Waals surface area (Å²) >= 11 is 5.87. The molecule has 24 heavy (non-hydrogen) atoms. The van der Waals surface area contributed by atoms with Crippen molar-refractivity contribution in [3.63, 3.8) is 0 Å². The number of imide groups is 1. The van der Waals surface area contributed by atoms with E-state index >= 15 is 0 Å². The highest BCUT2D eigenvalue weighted by Gasteiger charge is 2.70. The standard InChI is InChI=1S/C17H14ClNO5/c1-16-5-6-17(2,24-16)12-11(16)13(20)19(14(12)21)8-3-4-10(18)9(7-8)15(22)23/h3-7,11-12H,1-2H3,(H,22,23)/t11-,12-,16-,17-/m1/s1. The van der Waals surface area contributed by atoms with Gasteiger partial charge in [0.25, 0.3) is 0 Å². The number of rotatable bonds is 2. The lowest BCUT2D eigenvalue weighted by atomic mass is 9.73. The van der Waals surface area contributed by atoms with Crippen LogP contribution in [0.25, 0.3) is 0 Å². The molecule has 6 nitrogen and oxygen atoms in total. The van der Waals surface area contributed by atoms with Crippen molar-refractivity contribution in [2.45, 2.75) is 25.0 Å². The van der Waals surface area contributed by atoms with Crippen LogP contribution in [0.15, 0.2) is 30.4 Å². The van der Waals surface area contributed by atoms with Gasteiger partial charge in [0.1, 0.15) is 0 Å². The van der Waals surface area contributed by atoms with Crippen LogP contribution in [0.1, 0.15) is 24.2 Å². The van der Waals surface area contributed by atoms with E-state index < -0.39 is 29.0 Å². The first-order valence-corrected chi connectivity index (χ1v) is 7.87. The Kier molecular flexibility index (Phi) is 2.85. The Hall–Kier alpha value is -2.18. The Balaban J connectivity index is 1.80. The normalized spacial score (nSPS) is 36.5. The van der Waals surface area contributed by atoms with Crippen LogP contribution in [0.4, 0.5) is 5.69 Å². The van der Waals surface area contributed by atoms with Gasteiger partial charge in [0.2, 0.25) is 11.8 Å². The highest BCUT2D eigenvalue weighted by atomic mass is 35.5. The molecule has 2 fully saturated rings. The highest BCUT2D eigenvalue weighted by molar-refractivity contribution is 6.34. The Morgan fingerprint density at radius 1 is 1.17 bits per heavy atom. The molecular weight excluding hydrogens is 334 g/mol. The van der Waals surface area contributed by atoms with Gasteiger partial charge in [-0.15, -0.1) is 0 Å². The number of fused-ring (bicyclic) bond motifs is 5. The minimum Gasteiger partial charge on any atom is -0.478 e. The summed E-state index contributed by atoms with van der Waals surface area (Å²) in [6.45, 7) is 3.58. The minimum absolute atomic E-state index is 0.0505. The fraction of sp³-hybridized carbons (Fsp3) is 0.353. The second-order valence-electron chi connectivity index (χ2n) is 6.74. The third-order valence-corrected chi connectivity index (χ3v) is 5.49. The summed E-state index contributed by atoms with van der Waals surface area (Å²) in [6, 6.07) is 4.11. The number of carbonyl (C=O) groups is 3. The SMILES string of the molecule is C[C@]12C=C[C@@](C)(O1)[C@H]1C(=O)N(c3ccc(Cl)c(C(=O)O)c3)C(=O)[C@@H]12. The van der Waals surface area contributed by atoms with Crippen molar-refractivity contribution < 1.29 is 24.2 Å². The van der Waals surface area contributed by atoms with Gasteiger partial charge in [-0.2, -0.15) is 0 Å². The topological polar surface area (TPSA) is 83.9 Å². The molecule has 1 N–H and O–H groups in total. The van der Waals surface area contributed by atoms with Crippen molar-refractivity contribution in [1.29, 1.82) is 0 Å². The number of carboxylic acids is 1. The molecule has 0 radical (unpaired) electrons. The Morgan fingerprint density at radius 2 is 1.71 bits per heavy atom. The molecule has 4 rings (SSSR count). The van der Waals surface area contributed by atoms with Crippen LogP contribution in [-0.2, 0) is 14.3 Å². The maximum atomic E-state index is 12.9. The molecular formula is C17H14ClNO5. The van der Waals surface area contributed by atoms with Crippen LogP contribution < -0.4 is 4.90 Å². The van der Waals surface area contributed by atoms with Crippen LogP contribution in [0.2, 0.25) is 5.02 Å². The number of halogens is 1. The number of nitrogens with zero attached hydrogens (tertiary/aromatic N) is 1. The zero-order valence-corrected chi connectivity index (χ0v) is 13.7. The second kappa shape index (κ2) is 4.46. The van der Waals surface area contributed by atoms with E-state index in [0.29, 0.717) is 0 Å². The molecule has 3 heterocycles. The summed E-state index contributed by atoms with van der Waals surface area (Å²) in [6.07, 6.45) is 3.65. The zero-order valence-electron chi connectivity index (χ0n) is 12.9. The third kappa shape index (κ3) is 1.72. The number of anilines is 1. The predicted molar refractivity (Wildman–Crippen MR) is 84.9 cm³/mol. The molecule has 2 amide bonds. The van der Waals surface area contributed by atoms with Crippen molar-refractivity contribution in [2.75, 3.05) is 4.90 Å². The first-order chi connectivity index (χ1) is 11.2. The van der Waals surface area contributed by atoms with Crippen LogP contribution in [0.3, 0.4) is 0 Å². The first kappa shape index (κ1) is 15.4. The number of benzene rings is 1. The summed E-state index contributed by atoms with van der Waals surface area (Å²) in [7, 11) is 0. The molecule has 7 heteroatoms. The van der Waals surface area contributed by atoms with Crippen LogP contribution in [-0.4, -0.2) is 34.1 Å². The fourth-order valence-electron chi connectivity index (χ4n) is 4.10. The molecule has 1 aromatic carbocycles. The van der Waals surface area contributed by atoms with E-state index in [1.165, 1.54) is 18.2 Å². The summed E-state index contributed by atoms with van der Waals surface area (Å²) in [4.78, 5) is 38.1. The maximum Gasteiger partial charge on any atom is 0.337 e. The zero-order chi connectivity index (χ0) is 17.4. The Morgan fingerprint density at radius 3 is 2.21 bits per heavy atom. The molecule has 0 aromatic heterocycles. The number of hydrogen-bond donors (Lipinski definition) is 1. The van der Waals surface area contributed by atoms with Crippen molar-refractivity contribution >= 4 is 35.1 Å². The molecule has 2 bridgehead atoms. The number of aromatic carboxylic acids is 1. The Labute approximate surface area is 142 Å². The molecule has 0 spiro atoms. The van der Waals surface area contributed by atoms with Gasteiger partial charge in [-0.05, 0) is 32.0 Å². The van der Waals surface area contributed by atoms with Crippen molar-refractivity contribution in [3.8, 4) is 0 Å². The largest absolute Gasteiger partial charge is 0.478 e. The van der Waals surface area contributed by atoms with Gasteiger partial charge in [0.05, 0.1) is 39.3 Å². The number of amides is 2. The number of carbonyl (C=O) groups excluding carboxylic acids is 2. The van der Waals surface area contributed by atoms with E-state index in [9.17, 15) is 19.5 Å². The third-order valence-electron chi connectivity index (χ3n) is 5.16. The number of hydrogen-bond acceptors (Lipinski definition) is 4. The molecule has 1 aromatic rings. The molecule has 0 saturated carbocycles. The van der Waals surface area contributed by atoms with Gasteiger partial charge in [-0.3, -0.25) is 9.59 Å². The average Bonchev–Trinajstić information content (AvgIpc) is 3.04. The van der Waals surface area contributed by atoms with Crippen LogP contribution >= 0.6 is 11.6 Å². The van der Waals surface area contributed by atoms with Gasteiger partial charge in [-0.25, -0.2) is 9.69 Å².